The fraction of sp³-hybridized carbons (Fsp3) is 0.192. The lowest BCUT2D eigenvalue weighted by Gasteiger charge is -2.24. The second-order valence-electron chi connectivity index (χ2n) is 7.71. The normalized spacial score (nSPS) is 13.0. The summed E-state index contributed by atoms with van der Waals surface area (Å²) < 4.78 is 6.23. The van der Waals surface area contributed by atoms with E-state index in [1.54, 1.807) is 0 Å². The zero-order valence-corrected chi connectivity index (χ0v) is 17.1. The van der Waals surface area contributed by atoms with Crippen LogP contribution in [-0.4, -0.2) is 11.5 Å². The van der Waals surface area contributed by atoms with Gasteiger partial charge >= 0.3 is 0 Å². The number of hydrogen-bond acceptors (Lipinski definition) is 3. The summed E-state index contributed by atoms with van der Waals surface area (Å²) in [6, 6.07) is 22.7. The highest BCUT2D eigenvalue weighted by Crippen LogP contribution is 2.45. The molecule has 0 aliphatic carbocycles. The Labute approximate surface area is 171 Å². The number of hydrogen-bond donors (Lipinski definition) is 0. The van der Waals surface area contributed by atoms with Crippen LogP contribution in [0.2, 0.25) is 0 Å². The van der Waals surface area contributed by atoms with E-state index in [1.807, 2.05) is 36.4 Å². The number of pyridine rings is 1. The van der Waals surface area contributed by atoms with Crippen LogP contribution in [0, 0.1) is 20.8 Å². The third kappa shape index (κ3) is 2.94. The largest absolute Gasteiger partial charge is 0.457 e. The van der Waals surface area contributed by atoms with Crippen LogP contribution < -0.4 is 9.64 Å². The monoisotopic (exact) mass is 380 g/mol. The molecule has 1 aliphatic heterocycles. The zero-order valence-electron chi connectivity index (χ0n) is 17.1. The number of benzene rings is 3. The van der Waals surface area contributed by atoms with E-state index in [4.69, 9.17) is 9.72 Å². The third-order valence-electron chi connectivity index (χ3n) is 5.87. The van der Waals surface area contributed by atoms with Crippen LogP contribution in [0.3, 0.4) is 0 Å². The van der Waals surface area contributed by atoms with Gasteiger partial charge in [-0.15, -0.1) is 0 Å². The summed E-state index contributed by atoms with van der Waals surface area (Å²) >= 11 is 0. The molecule has 0 saturated carbocycles. The fourth-order valence-corrected chi connectivity index (χ4v) is 4.41. The van der Waals surface area contributed by atoms with Crippen LogP contribution in [-0.2, 0) is 6.42 Å². The third-order valence-corrected chi connectivity index (χ3v) is 5.87. The van der Waals surface area contributed by atoms with Gasteiger partial charge in [-0.3, -0.25) is 4.98 Å². The van der Waals surface area contributed by atoms with Gasteiger partial charge in [-0.05, 0) is 68.7 Å². The predicted octanol–water partition coefficient (Wildman–Crippen LogP) is 6.65. The Morgan fingerprint density at radius 1 is 0.862 bits per heavy atom. The Morgan fingerprint density at radius 3 is 2.41 bits per heavy atom. The Hall–Kier alpha value is -3.33. The van der Waals surface area contributed by atoms with Gasteiger partial charge in [-0.2, -0.15) is 0 Å². The van der Waals surface area contributed by atoms with Gasteiger partial charge in [0.2, 0.25) is 0 Å². The van der Waals surface area contributed by atoms with Gasteiger partial charge in [0.25, 0.3) is 0 Å². The second kappa shape index (κ2) is 6.93. The van der Waals surface area contributed by atoms with E-state index < -0.39 is 0 Å². The average molecular weight is 380 g/mol. The lowest BCUT2D eigenvalue weighted by molar-refractivity contribution is 0.480. The van der Waals surface area contributed by atoms with Crippen molar-refractivity contribution in [1.82, 2.24) is 4.98 Å². The molecule has 3 aromatic carbocycles. The van der Waals surface area contributed by atoms with E-state index >= 15 is 0 Å². The molecule has 4 aromatic rings. The molecule has 0 atom stereocenters. The molecule has 0 spiro atoms. The van der Waals surface area contributed by atoms with Gasteiger partial charge in [-0.1, -0.05) is 36.4 Å². The van der Waals surface area contributed by atoms with Crippen molar-refractivity contribution in [3.05, 3.63) is 89.1 Å². The molecule has 144 valence electrons. The topological polar surface area (TPSA) is 25.4 Å². The molecule has 29 heavy (non-hydrogen) atoms. The first kappa shape index (κ1) is 17.7. The Balaban J connectivity index is 1.72. The van der Waals surface area contributed by atoms with Crippen molar-refractivity contribution in [3.8, 4) is 11.5 Å². The molecule has 0 bridgehead atoms. The first-order chi connectivity index (χ1) is 14.1. The quantitative estimate of drug-likeness (QED) is 0.398. The first-order valence-electron chi connectivity index (χ1n) is 10.1. The number of fused-ring (bicyclic) bond motifs is 3. The van der Waals surface area contributed by atoms with Crippen molar-refractivity contribution in [3.63, 3.8) is 0 Å². The van der Waals surface area contributed by atoms with Crippen molar-refractivity contribution >= 4 is 22.3 Å². The number of rotatable bonds is 3. The van der Waals surface area contributed by atoms with Crippen molar-refractivity contribution in [1.29, 1.82) is 0 Å². The van der Waals surface area contributed by atoms with Crippen LogP contribution in [0.5, 0.6) is 11.5 Å². The lowest BCUT2D eigenvalue weighted by atomic mass is 10.0. The molecule has 0 radical (unpaired) electrons. The van der Waals surface area contributed by atoms with Crippen LogP contribution in [0.25, 0.3) is 10.9 Å². The van der Waals surface area contributed by atoms with Crippen molar-refractivity contribution in [2.24, 2.45) is 0 Å². The number of nitrogens with zero attached hydrogens (tertiary/aromatic N) is 2. The van der Waals surface area contributed by atoms with Crippen LogP contribution in [0.4, 0.5) is 11.4 Å². The second-order valence-corrected chi connectivity index (χ2v) is 7.71. The highest BCUT2D eigenvalue weighted by molar-refractivity contribution is 6.00. The Bertz CT molecular complexity index is 1210. The van der Waals surface area contributed by atoms with Gasteiger partial charge in [0, 0.05) is 28.9 Å². The SMILES string of the molecule is Cc1ccccc1N1CCc2c(C)nc3ccc(Oc4ccccc4)c(C)c3c21. The summed E-state index contributed by atoms with van der Waals surface area (Å²) in [5.74, 6) is 1.73. The molecule has 3 heteroatoms. The number of aromatic nitrogens is 1. The number of anilines is 2. The number of para-hydroxylation sites is 2. The summed E-state index contributed by atoms with van der Waals surface area (Å²) in [5.41, 5.74) is 8.48. The molecule has 0 saturated heterocycles. The number of aryl methyl sites for hydroxylation is 3. The molecule has 0 N–H and O–H groups in total. The van der Waals surface area contributed by atoms with Crippen LogP contribution in [0.15, 0.2) is 66.7 Å². The average Bonchev–Trinajstić information content (AvgIpc) is 3.17. The zero-order chi connectivity index (χ0) is 20.0. The molecule has 1 aliphatic rings. The molecule has 0 fully saturated rings. The highest BCUT2D eigenvalue weighted by atomic mass is 16.5. The summed E-state index contributed by atoms with van der Waals surface area (Å²) in [6.45, 7) is 7.43. The van der Waals surface area contributed by atoms with E-state index in [-0.39, 0.29) is 0 Å². The highest BCUT2D eigenvalue weighted by Gasteiger charge is 2.28. The molecule has 0 amide bonds. The molecule has 5 rings (SSSR count). The standard InChI is InChI=1S/C26H24N2O/c1-17-9-7-8-12-23(17)28-16-15-21-19(3)27-22-13-14-24(18(2)25(22)26(21)28)29-20-10-5-4-6-11-20/h4-14H,15-16H2,1-3H3. The molecular formula is C26H24N2O. The van der Waals surface area contributed by atoms with Gasteiger partial charge in [0.1, 0.15) is 11.5 Å². The van der Waals surface area contributed by atoms with Crippen LogP contribution in [0.1, 0.15) is 22.4 Å². The first-order valence-corrected chi connectivity index (χ1v) is 10.1. The molecular weight excluding hydrogens is 356 g/mol. The molecule has 0 unspecified atom stereocenters. The van der Waals surface area contributed by atoms with Crippen LogP contribution >= 0.6 is 0 Å². The maximum atomic E-state index is 6.23. The van der Waals surface area contributed by atoms with Gasteiger partial charge in [-0.25, -0.2) is 0 Å². The molecule has 2 heterocycles. The molecule has 1 aromatic heterocycles. The minimum absolute atomic E-state index is 0.849. The van der Waals surface area contributed by atoms with E-state index in [0.717, 1.165) is 41.2 Å². The van der Waals surface area contributed by atoms with Crippen molar-refractivity contribution < 1.29 is 4.74 Å². The Kier molecular flexibility index (Phi) is 4.24. The smallest absolute Gasteiger partial charge is 0.131 e. The lowest BCUT2D eigenvalue weighted by Crippen LogP contribution is -2.15. The molecule has 3 nitrogen and oxygen atoms in total. The minimum atomic E-state index is 0.849. The summed E-state index contributed by atoms with van der Waals surface area (Å²) in [4.78, 5) is 7.38. The predicted molar refractivity (Wildman–Crippen MR) is 120 cm³/mol. The van der Waals surface area contributed by atoms with Crippen molar-refractivity contribution in [2.45, 2.75) is 27.2 Å². The number of ether oxygens (including phenoxy) is 1. The van der Waals surface area contributed by atoms with Crippen molar-refractivity contribution in [2.75, 3.05) is 11.4 Å². The maximum Gasteiger partial charge on any atom is 0.131 e. The summed E-state index contributed by atoms with van der Waals surface area (Å²) in [7, 11) is 0. The minimum Gasteiger partial charge on any atom is -0.457 e. The summed E-state index contributed by atoms with van der Waals surface area (Å²) in [5, 5.41) is 1.19. The van der Waals surface area contributed by atoms with Gasteiger partial charge in [0.15, 0.2) is 0 Å². The van der Waals surface area contributed by atoms with E-state index in [2.05, 4.69) is 56.0 Å². The van der Waals surface area contributed by atoms with Gasteiger partial charge in [0.05, 0.1) is 11.2 Å². The van der Waals surface area contributed by atoms with E-state index in [0.29, 0.717) is 0 Å². The fourth-order valence-electron chi connectivity index (χ4n) is 4.41. The van der Waals surface area contributed by atoms with E-state index in [9.17, 15) is 0 Å². The van der Waals surface area contributed by atoms with Gasteiger partial charge < -0.3 is 9.64 Å². The van der Waals surface area contributed by atoms with E-state index in [1.165, 1.54) is 27.9 Å². The summed E-state index contributed by atoms with van der Waals surface area (Å²) in [6.07, 6.45) is 1.02. The maximum absolute atomic E-state index is 6.23. The Morgan fingerprint density at radius 2 is 1.62 bits per heavy atom.